The SMILES string of the molecule is CS(=O)(=O)c1cccc(N2CCN(C[C@H]3CCN(CC(F)(F)F)C3)[C@H](c3ccccc3)C2)c1. The van der Waals surface area contributed by atoms with Gasteiger partial charge in [-0.05, 0) is 42.6 Å². The molecule has 2 aromatic carbocycles. The summed E-state index contributed by atoms with van der Waals surface area (Å²) in [6.07, 6.45) is -2.18. The molecule has 0 aromatic heterocycles. The first-order valence-electron chi connectivity index (χ1n) is 11.2. The maximum atomic E-state index is 12.8. The second-order valence-electron chi connectivity index (χ2n) is 9.14. The minimum absolute atomic E-state index is 0.0819. The van der Waals surface area contributed by atoms with E-state index >= 15 is 0 Å². The molecule has 2 atom stereocenters. The molecule has 2 fully saturated rings. The molecule has 0 saturated carbocycles. The number of likely N-dealkylation sites (tertiary alicyclic amines) is 1. The van der Waals surface area contributed by atoms with E-state index in [1.54, 1.807) is 18.2 Å². The minimum atomic E-state index is -4.16. The Hall–Kier alpha value is -2.10. The van der Waals surface area contributed by atoms with Crippen molar-refractivity contribution in [3.63, 3.8) is 0 Å². The van der Waals surface area contributed by atoms with Crippen LogP contribution in [-0.2, 0) is 9.84 Å². The Labute approximate surface area is 193 Å². The largest absolute Gasteiger partial charge is 0.401 e. The fraction of sp³-hybridized carbons (Fsp3) is 0.500. The highest BCUT2D eigenvalue weighted by Crippen LogP contribution is 2.32. The van der Waals surface area contributed by atoms with Gasteiger partial charge in [0.1, 0.15) is 0 Å². The average Bonchev–Trinajstić information content (AvgIpc) is 3.19. The third kappa shape index (κ3) is 6.28. The molecule has 0 spiro atoms. The third-order valence-corrected chi connectivity index (χ3v) is 7.66. The lowest BCUT2D eigenvalue weighted by Crippen LogP contribution is -2.50. The van der Waals surface area contributed by atoms with Gasteiger partial charge in [0.2, 0.25) is 0 Å². The second kappa shape index (κ2) is 9.64. The van der Waals surface area contributed by atoms with E-state index in [2.05, 4.69) is 21.9 Å². The van der Waals surface area contributed by atoms with Crippen LogP contribution < -0.4 is 4.90 Å². The number of alkyl halides is 3. The van der Waals surface area contributed by atoms with Gasteiger partial charge < -0.3 is 4.90 Å². The van der Waals surface area contributed by atoms with Crippen molar-refractivity contribution in [1.29, 1.82) is 0 Å². The first-order chi connectivity index (χ1) is 15.6. The van der Waals surface area contributed by atoms with Crippen LogP contribution in [0, 0.1) is 5.92 Å². The smallest absolute Gasteiger partial charge is 0.368 e. The van der Waals surface area contributed by atoms with Gasteiger partial charge in [0, 0.05) is 44.7 Å². The van der Waals surface area contributed by atoms with Crippen LogP contribution in [0.3, 0.4) is 0 Å². The van der Waals surface area contributed by atoms with Crippen molar-refractivity contribution in [2.24, 2.45) is 5.92 Å². The highest BCUT2D eigenvalue weighted by Gasteiger charge is 2.36. The number of hydrogen-bond donors (Lipinski definition) is 0. The van der Waals surface area contributed by atoms with Crippen LogP contribution in [0.25, 0.3) is 0 Å². The van der Waals surface area contributed by atoms with E-state index in [4.69, 9.17) is 0 Å². The monoisotopic (exact) mass is 481 g/mol. The van der Waals surface area contributed by atoms with E-state index in [0.29, 0.717) is 24.5 Å². The quantitative estimate of drug-likeness (QED) is 0.628. The van der Waals surface area contributed by atoms with Gasteiger partial charge in [0.05, 0.1) is 17.5 Å². The molecule has 2 aliphatic heterocycles. The van der Waals surface area contributed by atoms with E-state index in [1.165, 1.54) is 11.2 Å². The fourth-order valence-corrected chi connectivity index (χ4v) is 5.63. The van der Waals surface area contributed by atoms with Crippen LogP contribution in [0.5, 0.6) is 0 Å². The van der Waals surface area contributed by atoms with Gasteiger partial charge >= 0.3 is 6.18 Å². The summed E-state index contributed by atoms with van der Waals surface area (Å²) in [4.78, 5) is 6.39. The van der Waals surface area contributed by atoms with E-state index in [9.17, 15) is 21.6 Å². The first-order valence-corrected chi connectivity index (χ1v) is 13.1. The molecule has 0 unspecified atom stereocenters. The van der Waals surface area contributed by atoms with Gasteiger partial charge in [0.15, 0.2) is 9.84 Å². The van der Waals surface area contributed by atoms with Crippen molar-refractivity contribution in [1.82, 2.24) is 9.80 Å². The molecule has 2 heterocycles. The fourth-order valence-electron chi connectivity index (χ4n) is 4.97. The van der Waals surface area contributed by atoms with E-state index in [1.807, 2.05) is 24.3 Å². The molecule has 0 bridgehead atoms. The van der Waals surface area contributed by atoms with Gasteiger partial charge in [-0.15, -0.1) is 0 Å². The van der Waals surface area contributed by atoms with Gasteiger partial charge in [-0.1, -0.05) is 36.4 Å². The number of anilines is 1. The van der Waals surface area contributed by atoms with Gasteiger partial charge in [-0.2, -0.15) is 13.2 Å². The van der Waals surface area contributed by atoms with E-state index < -0.39 is 22.6 Å². The maximum absolute atomic E-state index is 12.8. The summed E-state index contributed by atoms with van der Waals surface area (Å²) in [5, 5.41) is 0. The molecule has 33 heavy (non-hydrogen) atoms. The number of piperazine rings is 1. The van der Waals surface area contributed by atoms with Gasteiger partial charge in [0.25, 0.3) is 0 Å². The maximum Gasteiger partial charge on any atom is 0.401 e. The minimum Gasteiger partial charge on any atom is -0.368 e. The number of nitrogens with zero attached hydrogens (tertiary/aromatic N) is 3. The van der Waals surface area contributed by atoms with Crippen LogP contribution in [0.4, 0.5) is 18.9 Å². The molecular weight excluding hydrogens is 451 g/mol. The van der Waals surface area contributed by atoms with Crippen LogP contribution in [0.15, 0.2) is 59.5 Å². The van der Waals surface area contributed by atoms with Crippen molar-refractivity contribution in [3.05, 3.63) is 60.2 Å². The van der Waals surface area contributed by atoms with Gasteiger partial charge in [-0.3, -0.25) is 9.80 Å². The predicted octanol–water partition coefficient (Wildman–Crippen LogP) is 3.84. The van der Waals surface area contributed by atoms with E-state index in [0.717, 1.165) is 37.3 Å². The summed E-state index contributed by atoms with van der Waals surface area (Å²) in [6, 6.07) is 17.2. The van der Waals surface area contributed by atoms with Crippen LogP contribution in [0.2, 0.25) is 0 Å². The predicted molar refractivity (Wildman–Crippen MR) is 123 cm³/mol. The lowest BCUT2D eigenvalue weighted by molar-refractivity contribution is -0.143. The van der Waals surface area contributed by atoms with Crippen LogP contribution in [0.1, 0.15) is 18.0 Å². The summed E-state index contributed by atoms with van der Waals surface area (Å²) in [5.41, 5.74) is 2.03. The zero-order chi connectivity index (χ0) is 23.6. The number of benzene rings is 2. The molecule has 0 aliphatic carbocycles. The van der Waals surface area contributed by atoms with Crippen molar-refractivity contribution in [2.45, 2.75) is 23.5 Å². The number of rotatable bonds is 6. The Morgan fingerprint density at radius 1 is 0.970 bits per heavy atom. The zero-order valence-electron chi connectivity index (χ0n) is 18.7. The molecule has 0 amide bonds. The number of sulfone groups is 1. The topological polar surface area (TPSA) is 43.9 Å². The van der Waals surface area contributed by atoms with Crippen molar-refractivity contribution < 1.29 is 21.6 Å². The lowest BCUT2D eigenvalue weighted by atomic mass is 9.99. The molecule has 4 rings (SSSR count). The molecule has 2 aliphatic rings. The second-order valence-corrected chi connectivity index (χ2v) is 11.2. The summed E-state index contributed by atoms with van der Waals surface area (Å²) >= 11 is 0. The van der Waals surface area contributed by atoms with Crippen molar-refractivity contribution in [2.75, 3.05) is 57.0 Å². The van der Waals surface area contributed by atoms with Crippen molar-refractivity contribution >= 4 is 15.5 Å². The van der Waals surface area contributed by atoms with Crippen molar-refractivity contribution in [3.8, 4) is 0 Å². The number of hydrogen-bond acceptors (Lipinski definition) is 5. The van der Waals surface area contributed by atoms with Gasteiger partial charge in [-0.25, -0.2) is 8.42 Å². The highest BCUT2D eigenvalue weighted by atomic mass is 32.2. The molecule has 180 valence electrons. The third-order valence-electron chi connectivity index (χ3n) is 6.55. The molecule has 2 aromatic rings. The summed E-state index contributed by atoms with van der Waals surface area (Å²) in [5.74, 6) is 0.207. The summed E-state index contributed by atoms with van der Waals surface area (Å²) in [7, 11) is -3.30. The summed E-state index contributed by atoms with van der Waals surface area (Å²) < 4.78 is 62.4. The average molecular weight is 482 g/mol. The number of halogens is 3. The van der Waals surface area contributed by atoms with E-state index in [-0.39, 0.29) is 12.0 Å². The molecular formula is C24H30F3N3O2S. The molecule has 5 nitrogen and oxygen atoms in total. The molecule has 0 radical (unpaired) electrons. The lowest BCUT2D eigenvalue weighted by Gasteiger charge is -2.43. The standard InChI is InChI=1S/C24H30F3N3O2S/c1-33(31,32)22-9-5-8-21(14-22)29-12-13-30(23(17-29)20-6-3-2-4-7-20)16-19-10-11-28(15-19)18-24(25,26)27/h2-9,14,19,23H,10-13,15-18H2,1H3/t19-,23-/m0/s1. The molecule has 2 saturated heterocycles. The Morgan fingerprint density at radius 2 is 1.73 bits per heavy atom. The normalized spacial score (nSPS) is 23.2. The Morgan fingerprint density at radius 3 is 2.42 bits per heavy atom. The Bertz CT molecular complexity index is 1050. The summed E-state index contributed by atoms with van der Waals surface area (Å²) in [6.45, 7) is 3.06. The highest BCUT2D eigenvalue weighted by molar-refractivity contribution is 7.90. The molecule has 0 N–H and O–H groups in total. The van der Waals surface area contributed by atoms with Crippen LogP contribution >= 0.6 is 0 Å². The Kier molecular flexibility index (Phi) is 7.02. The van der Waals surface area contributed by atoms with Crippen LogP contribution in [-0.4, -0.2) is 76.5 Å². The zero-order valence-corrected chi connectivity index (χ0v) is 19.5. The Balaban J connectivity index is 1.49. The first kappa shape index (κ1) is 24.0. The molecule has 9 heteroatoms.